The predicted octanol–water partition coefficient (Wildman–Crippen LogP) is 1.06. The number of nitrogens with zero attached hydrogens (tertiary/aromatic N) is 5. The summed E-state index contributed by atoms with van der Waals surface area (Å²) in [4.78, 5) is 61.1. The standard InChI is InChI=1S/C19H18N8O6/c20-19-25-15-14(16(26-19)27-33)23-11(8-22-15)7-21-10-3-1-9(2-4-10)17(30)24-12(18(31)32)5-6-13(28)29/h1-4,8,12,21H,5-7H2,(H,24,30)(H,28,29)(H,31,32)(H2,20,22,25,26)/t12-/m0/s1. The van der Waals surface area contributed by atoms with Crippen LogP contribution >= 0.6 is 0 Å². The Labute approximate surface area is 185 Å². The number of nitrogens with two attached hydrogens (primary N) is 1. The quantitative estimate of drug-likeness (QED) is 0.271. The number of nitrogen functional groups attached to an aromatic ring is 1. The van der Waals surface area contributed by atoms with Gasteiger partial charge < -0.3 is 26.6 Å². The van der Waals surface area contributed by atoms with Gasteiger partial charge in [-0.25, -0.2) is 14.8 Å². The van der Waals surface area contributed by atoms with Gasteiger partial charge >= 0.3 is 11.9 Å². The van der Waals surface area contributed by atoms with Gasteiger partial charge in [-0.3, -0.25) is 9.59 Å². The summed E-state index contributed by atoms with van der Waals surface area (Å²) in [6, 6.07) is 4.83. The molecule has 0 aliphatic heterocycles. The number of fused-ring (bicyclic) bond motifs is 1. The van der Waals surface area contributed by atoms with E-state index in [1.807, 2.05) is 0 Å². The number of hydrogen-bond acceptors (Lipinski definition) is 11. The van der Waals surface area contributed by atoms with Crippen molar-refractivity contribution >= 4 is 46.5 Å². The number of amides is 1. The van der Waals surface area contributed by atoms with Crippen LogP contribution in [0.5, 0.6) is 0 Å². The summed E-state index contributed by atoms with van der Waals surface area (Å²) in [5, 5.41) is 26.0. The zero-order chi connectivity index (χ0) is 24.0. The van der Waals surface area contributed by atoms with Crippen molar-refractivity contribution in [2.24, 2.45) is 5.18 Å². The zero-order valence-electron chi connectivity index (χ0n) is 16.9. The number of carbonyl (C=O) groups is 3. The maximum atomic E-state index is 12.3. The lowest BCUT2D eigenvalue weighted by atomic mass is 10.1. The highest BCUT2D eigenvalue weighted by Crippen LogP contribution is 2.20. The Kier molecular flexibility index (Phi) is 6.97. The molecule has 170 valence electrons. The van der Waals surface area contributed by atoms with Crippen LogP contribution in [0.2, 0.25) is 0 Å². The minimum atomic E-state index is -1.32. The molecule has 0 aliphatic rings. The van der Waals surface area contributed by atoms with Crippen LogP contribution in [0, 0.1) is 4.91 Å². The lowest BCUT2D eigenvalue weighted by Gasteiger charge is -2.14. The summed E-state index contributed by atoms with van der Waals surface area (Å²) < 4.78 is 0. The Hall–Kier alpha value is -4.75. The van der Waals surface area contributed by atoms with Crippen LogP contribution in [0.1, 0.15) is 28.9 Å². The highest BCUT2D eigenvalue weighted by atomic mass is 16.4. The fourth-order valence-corrected chi connectivity index (χ4v) is 2.79. The van der Waals surface area contributed by atoms with Crippen LogP contribution in [0.25, 0.3) is 11.2 Å². The molecule has 0 saturated heterocycles. The Balaban J connectivity index is 1.64. The van der Waals surface area contributed by atoms with Gasteiger partial charge in [-0.2, -0.15) is 9.97 Å². The molecule has 6 N–H and O–H groups in total. The number of carbonyl (C=O) groups excluding carboxylic acids is 1. The minimum absolute atomic E-state index is 0.112. The van der Waals surface area contributed by atoms with E-state index in [1.165, 1.54) is 18.3 Å². The van der Waals surface area contributed by atoms with E-state index < -0.39 is 23.9 Å². The van der Waals surface area contributed by atoms with E-state index in [2.05, 4.69) is 35.7 Å². The molecule has 1 amide bonds. The molecule has 2 aromatic heterocycles. The molecule has 0 radical (unpaired) electrons. The number of carboxylic acids is 2. The Morgan fingerprint density at radius 1 is 1.09 bits per heavy atom. The molecule has 2 heterocycles. The third-order valence-corrected chi connectivity index (χ3v) is 4.41. The van der Waals surface area contributed by atoms with E-state index in [1.54, 1.807) is 12.1 Å². The third kappa shape index (κ3) is 5.90. The van der Waals surface area contributed by atoms with Crippen LogP contribution in [-0.2, 0) is 16.1 Å². The number of benzene rings is 1. The van der Waals surface area contributed by atoms with Crippen LogP contribution < -0.4 is 16.4 Å². The number of nitroso groups, excluding NO2 is 1. The van der Waals surface area contributed by atoms with E-state index in [0.29, 0.717) is 11.4 Å². The van der Waals surface area contributed by atoms with Crippen molar-refractivity contribution in [1.82, 2.24) is 25.3 Å². The summed E-state index contributed by atoms with van der Waals surface area (Å²) in [6.45, 7) is 0.216. The van der Waals surface area contributed by atoms with Gasteiger partial charge in [0.25, 0.3) is 5.91 Å². The van der Waals surface area contributed by atoms with Gasteiger partial charge in [0.1, 0.15) is 6.04 Å². The third-order valence-electron chi connectivity index (χ3n) is 4.41. The van der Waals surface area contributed by atoms with Crippen LogP contribution in [0.3, 0.4) is 0 Å². The van der Waals surface area contributed by atoms with Crippen molar-refractivity contribution in [2.75, 3.05) is 11.1 Å². The summed E-state index contributed by atoms with van der Waals surface area (Å²) in [5.74, 6) is -3.48. The first-order valence-electron chi connectivity index (χ1n) is 9.48. The van der Waals surface area contributed by atoms with Gasteiger partial charge in [-0.1, -0.05) is 0 Å². The van der Waals surface area contributed by atoms with Crippen molar-refractivity contribution < 1.29 is 24.6 Å². The molecular formula is C19H18N8O6. The Bertz CT molecular complexity index is 1220. The van der Waals surface area contributed by atoms with Crippen molar-refractivity contribution in [3.8, 4) is 0 Å². The van der Waals surface area contributed by atoms with Gasteiger partial charge in [0, 0.05) is 17.7 Å². The van der Waals surface area contributed by atoms with E-state index in [4.69, 9.17) is 15.9 Å². The number of nitrogens with one attached hydrogen (secondary N) is 2. The SMILES string of the molecule is Nc1nc(N=O)c2nc(CNc3ccc(C(=O)N[C@@H](CCC(=O)O)C(=O)O)cc3)cnc2n1. The minimum Gasteiger partial charge on any atom is -0.481 e. The number of anilines is 2. The van der Waals surface area contributed by atoms with Crippen LogP contribution in [0.15, 0.2) is 35.6 Å². The molecule has 14 heteroatoms. The molecule has 33 heavy (non-hydrogen) atoms. The lowest BCUT2D eigenvalue weighted by molar-refractivity contribution is -0.140. The van der Waals surface area contributed by atoms with Gasteiger partial charge in [0.15, 0.2) is 11.2 Å². The van der Waals surface area contributed by atoms with E-state index in [0.717, 1.165) is 0 Å². The lowest BCUT2D eigenvalue weighted by Crippen LogP contribution is -2.41. The molecule has 3 aromatic rings. The fourth-order valence-electron chi connectivity index (χ4n) is 2.79. The summed E-state index contributed by atoms with van der Waals surface area (Å²) in [7, 11) is 0. The summed E-state index contributed by atoms with van der Waals surface area (Å²) in [5.41, 5.74) is 7.03. The van der Waals surface area contributed by atoms with Gasteiger partial charge in [0.2, 0.25) is 11.8 Å². The van der Waals surface area contributed by atoms with E-state index in [-0.39, 0.29) is 47.9 Å². The fraction of sp³-hybridized carbons (Fsp3) is 0.211. The number of hydrogen-bond donors (Lipinski definition) is 5. The smallest absolute Gasteiger partial charge is 0.326 e. The molecular weight excluding hydrogens is 436 g/mol. The highest BCUT2D eigenvalue weighted by Gasteiger charge is 2.21. The second kappa shape index (κ2) is 10.0. The van der Waals surface area contributed by atoms with E-state index >= 15 is 0 Å². The summed E-state index contributed by atoms with van der Waals surface area (Å²) in [6.07, 6.45) is 0.824. The average molecular weight is 454 g/mol. The van der Waals surface area contributed by atoms with Gasteiger partial charge in [-0.15, -0.1) is 4.91 Å². The molecule has 0 unspecified atom stereocenters. The molecule has 0 fully saturated rings. The number of aliphatic carboxylic acids is 2. The molecule has 3 rings (SSSR count). The van der Waals surface area contributed by atoms with Crippen molar-refractivity contribution in [3.05, 3.63) is 46.6 Å². The Morgan fingerprint density at radius 3 is 2.45 bits per heavy atom. The number of carboxylic acid groups (broad SMARTS) is 2. The van der Waals surface area contributed by atoms with Crippen molar-refractivity contribution in [2.45, 2.75) is 25.4 Å². The van der Waals surface area contributed by atoms with Crippen molar-refractivity contribution in [1.29, 1.82) is 0 Å². The Morgan fingerprint density at radius 2 is 1.82 bits per heavy atom. The van der Waals surface area contributed by atoms with Crippen LogP contribution in [0.4, 0.5) is 17.5 Å². The van der Waals surface area contributed by atoms with Gasteiger partial charge in [0.05, 0.1) is 18.4 Å². The second-order valence-corrected chi connectivity index (χ2v) is 6.76. The normalized spacial score (nSPS) is 11.5. The zero-order valence-corrected chi connectivity index (χ0v) is 16.9. The maximum absolute atomic E-state index is 12.3. The van der Waals surface area contributed by atoms with Crippen LogP contribution in [-0.4, -0.2) is 54.0 Å². The molecule has 14 nitrogen and oxygen atoms in total. The molecule has 0 aliphatic carbocycles. The maximum Gasteiger partial charge on any atom is 0.326 e. The highest BCUT2D eigenvalue weighted by molar-refractivity contribution is 5.97. The first kappa shape index (κ1) is 22.9. The van der Waals surface area contributed by atoms with Crippen molar-refractivity contribution in [3.63, 3.8) is 0 Å². The summed E-state index contributed by atoms with van der Waals surface area (Å²) >= 11 is 0. The molecule has 1 atom stereocenters. The second-order valence-electron chi connectivity index (χ2n) is 6.76. The van der Waals surface area contributed by atoms with Gasteiger partial charge in [-0.05, 0) is 35.9 Å². The van der Waals surface area contributed by atoms with E-state index in [9.17, 15) is 19.3 Å². The predicted molar refractivity (Wildman–Crippen MR) is 115 cm³/mol. The first-order valence-corrected chi connectivity index (χ1v) is 9.48. The monoisotopic (exact) mass is 454 g/mol. The number of rotatable bonds is 10. The largest absolute Gasteiger partial charge is 0.481 e. The molecule has 0 bridgehead atoms. The molecule has 0 spiro atoms. The number of aromatic nitrogens is 4. The molecule has 1 aromatic carbocycles. The molecule has 0 saturated carbocycles. The first-order chi connectivity index (χ1) is 15.8. The topological polar surface area (TPSA) is 223 Å². The average Bonchev–Trinajstić information content (AvgIpc) is 2.79.